The predicted octanol–water partition coefficient (Wildman–Crippen LogP) is 2.33. The molecule has 4 heteroatoms. The van der Waals surface area contributed by atoms with E-state index < -0.39 is 0 Å². The molecule has 3 nitrogen and oxygen atoms in total. The third-order valence-electron chi connectivity index (χ3n) is 4.25. The number of benzene rings is 1. The van der Waals surface area contributed by atoms with Crippen molar-refractivity contribution >= 4 is 18.3 Å². The van der Waals surface area contributed by atoms with Crippen LogP contribution in [0.2, 0.25) is 0 Å². The minimum absolute atomic E-state index is 0. The number of aryl methyl sites for hydroxylation is 1. The molecule has 112 valence electrons. The zero-order valence-corrected chi connectivity index (χ0v) is 13.3. The van der Waals surface area contributed by atoms with Gasteiger partial charge in [0.1, 0.15) is 0 Å². The molecule has 0 fully saturated rings. The van der Waals surface area contributed by atoms with Crippen LogP contribution in [0.4, 0.5) is 0 Å². The molecule has 2 atom stereocenters. The van der Waals surface area contributed by atoms with Gasteiger partial charge in [-0.15, -0.1) is 12.4 Å². The molecular formula is C16H25ClN2O. The van der Waals surface area contributed by atoms with Gasteiger partial charge in [0.05, 0.1) is 5.41 Å². The second kappa shape index (κ2) is 7.09. The van der Waals surface area contributed by atoms with Crippen LogP contribution in [-0.2, 0) is 17.6 Å². The maximum absolute atomic E-state index is 12.4. The summed E-state index contributed by atoms with van der Waals surface area (Å²) in [6, 6.07) is 8.77. The van der Waals surface area contributed by atoms with Crippen molar-refractivity contribution in [1.29, 1.82) is 0 Å². The Morgan fingerprint density at radius 3 is 2.65 bits per heavy atom. The maximum atomic E-state index is 12.4. The van der Waals surface area contributed by atoms with Crippen molar-refractivity contribution < 1.29 is 4.79 Å². The molecular weight excluding hydrogens is 272 g/mol. The van der Waals surface area contributed by atoms with Gasteiger partial charge in [-0.2, -0.15) is 0 Å². The number of likely N-dealkylation sites (N-methyl/N-ethyl adjacent to an activating group) is 1. The molecule has 1 aromatic carbocycles. The predicted molar refractivity (Wildman–Crippen MR) is 85.4 cm³/mol. The lowest BCUT2D eigenvalue weighted by Crippen LogP contribution is -2.46. The molecule has 0 radical (unpaired) electrons. The molecule has 0 aromatic heterocycles. The first kappa shape index (κ1) is 17.0. The Bertz CT molecular complexity index is 464. The average molecular weight is 297 g/mol. The normalized spacial score (nSPS) is 22.4. The number of hydrogen-bond acceptors (Lipinski definition) is 2. The third kappa shape index (κ3) is 3.74. The zero-order chi connectivity index (χ0) is 13.9. The Kier molecular flexibility index (Phi) is 6.03. The van der Waals surface area contributed by atoms with E-state index in [2.05, 4.69) is 48.7 Å². The Hall–Kier alpha value is -1.06. The van der Waals surface area contributed by atoms with Gasteiger partial charge < -0.3 is 10.6 Å². The van der Waals surface area contributed by atoms with Crippen molar-refractivity contribution in [3.05, 3.63) is 35.4 Å². The Labute approximate surface area is 127 Å². The number of carbonyl (C=O) groups excluding carboxylic acids is 1. The van der Waals surface area contributed by atoms with E-state index in [1.54, 1.807) is 0 Å². The summed E-state index contributed by atoms with van der Waals surface area (Å²) in [6.07, 6.45) is 2.79. The summed E-state index contributed by atoms with van der Waals surface area (Å²) in [5, 5.41) is 6.21. The molecule has 2 rings (SSSR count). The van der Waals surface area contributed by atoms with Crippen LogP contribution >= 0.6 is 12.4 Å². The number of amides is 1. The van der Waals surface area contributed by atoms with E-state index in [0.29, 0.717) is 12.6 Å². The minimum Gasteiger partial charge on any atom is -0.354 e. The van der Waals surface area contributed by atoms with Gasteiger partial charge >= 0.3 is 0 Å². The smallest absolute Gasteiger partial charge is 0.226 e. The molecule has 2 unspecified atom stereocenters. The number of nitrogens with one attached hydrogen (secondary N) is 2. The van der Waals surface area contributed by atoms with Gasteiger partial charge in [0.25, 0.3) is 0 Å². The van der Waals surface area contributed by atoms with Crippen molar-refractivity contribution in [2.75, 3.05) is 13.6 Å². The molecule has 0 saturated heterocycles. The highest BCUT2D eigenvalue weighted by Gasteiger charge is 2.36. The van der Waals surface area contributed by atoms with Crippen LogP contribution in [-0.4, -0.2) is 25.5 Å². The maximum Gasteiger partial charge on any atom is 0.226 e. The largest absolute Gasteiger partial charge is 0.354 e. The summed E-state index contributed by atoms with van der Waals surface area (Å²) in [6.45, 7) is 4.84. The van der Waals surface area contributed by atoms with E-state index >= 15 is 0 Å². The highest BCUT2D eigenvalue weighted by Crippen LogP contribution is 2.35. The van der Waals surface area contributed by atoms with Gasteiger partial charge in [0, 0.05) is 12.6 Å². The molecule has 0 heterocycles. The summed E-state index contributed by atoms with van der Waals surface area (Å²) < 4.78 is 0. The number of hydrogen-bond donors (Lipinski definition) is 2. The lowest BCUT2D eigenvalue weighted by Gasteiger charge is -2.34. The lowest BCUT2D eigenvalue weighted by atomic mass is 9.72. The molecule has 1 aliphatic rings. The number of halogens is 1. The number of rotatable bonds is 4. The Morgan fingerprint density at radius 1 is 1.35 bits per heavy atom. The highest BCUT2D eigenvalue weighted by molar-refractivity contribution is 5.85. The van der Waals surface area contributed by atoms with Crippen LogP contribution in [0.1, 0.15) is 31.4 Å². The molecule has 1 aromatic rings. The van der Waals surface area contributed by atoms with Gasteiger partial charge in [-0.1, -0.05) is 31.2 Å². The minimum atomic E-state index is -0.262. The first-order valence-corrected chi connectivity index (χ1v) is 7.07. The van der Waals surface area contributed by atoms with Gasteiger partial charge in [-0.3, -0.25) is 4.79 Å². The molecule has 0 spiro atoms. The highest BCUT2D eigenvalue weighted by atomic mass is 35.5. The fraction of sp³-hybridized carbons (Fsp3) is 0.562. The van der Waals surface area contributed by atoms with Gasteiger partial charge in [0.2, 0.25) is 5.91 Å². The summed E-state index contributed by atoms with van der Waals surface area (Å²) in [4.78, 5) is 12.4. The van der Waals surface area contributed by atoms with Crippen LogP contribution < -0.4 is 10.6 Å². The molecule has 20 heavy (non-hydrogen) atoms. The molecule has 2 N–H and O–H groups in total. The SMILES string of the molecule is CNC(C)CNC(=O)C1(C)CCc2ccccc2C1.Cl. The molecule has 0 bridgehead atoms. The Balaban J connectivity index is 0.00000200. The quantitative estimate of drug-likeness (QED) is 0.895. The molecule has 0 aliphatic heterocycles. The second-order valence-corrected chi connectivity index (χ2v) is 5.91. The topological polar surface area (TPSA) is 41.1 Å². The van der Waals surface area contributed by atoms with E-state index in [1.807, 2.05) is 7.05 Å². The van der Waals surface area contributed by atoms with E-state index in [9.17, 15) is 4.79 Å². The van der Waals surface area contributed by atoms with E-state index in [0.717, 1.165) is 19.3 Å². The van der Waals surface area contributed by atoms with Gasteiger partial charge in [0.15, 0.2) is 0 Å². The molecule has 1 amide bonds. The first-order chi connectivity index (χ1) is 9.05. The summed E-state index contributed by atoms with van der Waals surface area (Å²) in [5.41, 5.74) is 2.46. The number of fused-ring (bicyclic) bond motifs is 1. The third-order valence-corrected chi connectivity index (χ3v) is 4.25. The molecule has 0 saturated carbocycles. The fourth-order valence-electron chi connectivity index (χ4n) is 2.65. The lowest BCUT2D eigenvalue weighted by molar-refractivity contribution is -0.130. The van der Waals surface area contributed by atoms with E-state index in [4.69, 9.17) is 0 Å². The standard InChI is InChI=1S/C16H24N2O.ClH/c1-12(17-3)11-18-15(19)16(2)9-8-13-6-4-5-7-14(13)10-16;/h4-7,12,17H,8-11H2,1-3H3,(H,18,19);1H. The summed E-state index contributed by atoms with van der Waals surface area (Å²) >= 11 is 0. The van der Waals surface area contributed by atoms with Crippen molar-refractivity contribution in [3.63, 3.8) is 0 Å². The van der Waals surface area contributed by atoms with Crippen LogP contribution in [0.25, 0.3) is 0 Å². The molecule has 1 aliphatic carbocycles. The zero-order valence-electron chi connectivity index (χ0n) is 12.5. The van der Waals surface area contributed by atoms with Crippen molar-refractivity contribution in [3.8, 4) is 0 Å². The summed E-state index contributed by atoms with van der Waals surface area (Å²) in [5.74, 6) is 0.184. The van der Waals surface area contributed by atoms with Crippen LogP contribution in [0.3, 0.4) is 0 Å². The van der Waals surface area contributed by atoms with E-state index in [1.165, 1.54) is 11.1 Å². The van der Waals surface area contributed by atoms with Crippen molar-refractivity contribution in [2.24, 2.45) is 5.41 Å². The van der Waals surface area contributed by atoms with Crippen molar-refractivity contribution in [1.82, 2.24) is 10.6 Å². The van der Waals surface area contributed by atoms with Crippen LogP contribution in [0, 0.1) is 5.41 Å². The van der Waals surface area contributed by atoms with Crippen LogP contribution in [0.5, 0.6) is 0 Å². The Morgan fingerprint density at radius 2 is 2.00 bits per heavy atom. The fourth-order valence-corrected chi connectivity index (χ4v) is 2.65. The van der Waals surface area contributed by atoms with Gasteiger partial charge in [-0.05, 0) is 44.4 Å². The second-order valence-electron chi connectivity index (χ2n) is 5.91. The number of carbonyl (C=O) groups is 1. The van der Waals surface area contributed by atoms with Crippen molar-refractivity contribution in [2.45, 2.75) is 39.2 Å². The average Bonchev–Trinajstić information content (AvgIpc) is 2.44. The monoisotopic (exact) mass is 296 g/mol. The van der Waals surface area contributed by atoms with Crippen LogP contribution in [0.15, 0.2) is 24.3 Å². The summed E-state index contributed by atoms with van der Waals surface area (Å²) in [7, 11) is 1.91. The first-order valence-electron chi connectivity index (χ1n) is 7.07. The van der Waals surface area contributed by atoms with E-state index in [-0.39, 0.29) is 23.7 Å². The van der Waals surface area contributed by atoms with Gasteiger partial charge in [-0.25, -0.2) is 0 Å².